The van der Waals surface area contributed by atoms with E-state index in [1.165, 1.54) is 24.3 Å². The number of non-ortho nitro benzene ring substituents is 1. The lowest BCUT2D eigenvalue weighted by Gasteiger charge is -2.13. The van der Waals surface area contributed by atoms with Crippen molar-refractivity contribution in [3.8, 4) is 0 Å². The third-order valence-electron chi connectivity index (χ3n) is 4.57. The van der Waals surface area contributed by atoms with Gasteiger partial charge in [-0.15, -0.1) is 6.58 Å². The third kappa shape index (κ3) is 4.23. The summed E-state index contributed by atoms with van der Waals surface area (Å²) in [4.78, 5) is 34.8. The Hall–Kier alpha value is -3.75. The summed E-state index contributed by atoms with van der Waals surface area (Å²) in [5.74, 6) is 0.0877. The predicted octanol–water partition coefficient (Wildman–Crippen LogP) is 2.88. The Bertz CT molecular complexity index is 1000. The van der Waals surface area contributed by atoms with Gasteiger partial charge in [-0.1, -0.05) is 6.08 Å². The SMILES string of the molecule is C=CCNC(=O)c1oc2c(c1C)/C(=N/NC(=O)c1ccc([N+](=O)[O-])cc1)CCC2. The number of nitro groups is 1. The van der Waals surface area contributed by atoms with Gasteiger partial charge in [0.15, 0.2) is 5.76 Å². The molecule has 1 aromatic heterocycles. The van der Waals surface area contributed by atoms with Crippen molar-refractivity contribution in [2.24, 2.45) is 5.10 Å². The maximum Gasteiger partial charge on any atom is 0.287 e. The molecule has 0 bridgehead atoms. The number of fused-ring (bicyclic) bond motifs is 1. The average Bonchev–Trinajstić information content (AvgIpc) is 3.07. The van der Waals surface area contributed by atoms with Gasteiger partial charge < -0.3 is 9.73 Å². The van der Waals surface area contributed by atoms with Crippen LogP contribution in [0.5, 0.6) is 0 Å². The summed E-state index contributed by atoms with van der Waals surface area (Å²) in [6.07, 6.45) is 3.67. The number of nitrogens with zero attached hydrogens (tertiary/aromatic N) is 2. The van der Waals surface area contributed by atoms with Gasteiger partial charge >= 0.3 is 0 Å². The molecule has 0 aliphatic heterocycles. The smallest absolute Gasteiger partial charge is 0.287 e. The van der Waals surface area contributed by atoms with Crippen LogP contribution in [-0.2, 0) is 6.42 Å². The Balaban J connectivity index is 1.80. The summed E-state index contributed by atoms with van der Waals surface area (Å²) in [6, 6.07) is 5.25. The second kappa shape index (κ2) is 8.51. The standard InChI is InChI=1S/C20H20N4O5/c1-3-11-21-20(26)18-12(2)17-15(5-4-6-16(17)29-18)22-23-19(25)13-7-9-14(10-8-13)24(27)28/h3,7-10H,1,4-6,11H2,2H3,(H,21,26)(H,23,25)/b22-15+. The van der Waals surface area contributed by atoms with Gasteiger partial charge in [-0.25, -0.2) is 5.43 Å². The fourth-order valence-corrected chi connectivity index (χ4v) is 3.16. The van der Waals surface area contributed by atoms with E-state index in [1.807, 2.05) is 0 Å². The zero-order valence-electron chi connectivity index (χ0n) is 15.9. The molecule has 0 radical (unpaired) electrons. The zero-order valence-corrected chi connectivity index (χ0v) is 15.9. The minimum atomic E-state index is -0.532. The summed E-state index contributed by atoms with van der Waals surface area (Å²) >= 11 is 0. The molecule has 150 valence electrons. The minimum Gasteiger partial charge on any atom is -0.455 e. The van der Waals surface area contributed by atoms with Gasteiger partial charge in [0, 0.05) is 41.8 Å². The van der Waals surface area contributed by atoms with E-state index >= 15 is 0 Å². The van der Waals surface area contributed by atoms with E-state index in [0.29, 0.717) is 36.4 Å². The number of hydrazone groups is 1. The van der Waals surface area contributed by atoms with Gasteiger partial charge in [0.25, 0.3) is 17.5 Å². The number of nitrogens with one attached hydrogen (secondary N) is 2. The molecule has 0 fully saturated rings. The highest BCUT2D eigenvalue weighted by atomic mass is 16.6. The van der Waals surface area contributed by atoms with Gasteiger partial charge in [0.2, 0.25) is 0 Å². The average molecular weight is 396 g/mol. The van der Waals surface area contributed by atoms with Crippen molar-refractivity contribution in [2.45, 2.75) is 26.2 Å². The van der Waals surface area contributed by atoms with Crippen LogP contribution < -0.4 is 10.7 Å². The molecule has 0 saturated carbocycles. The van der Waals surface area contributed by atoms with E-state index in [0.717, 1.165) is 12.0 Å². The molecular weight excluding hydrogens is 376 g/mol. The first-order valence-corrected chi connectivity index (χ1v) is 9.05. The Labute approximate surface area is 166 Å². The molecule has 1 aliphatic rings. The van der Waals surface area contributed by atoms with Crippen LogP contribution in [0.3, 0.4) is 0 Å². The van der Waals surface area contributed by atoms with E-state index in [4.69, 9.17) is 4.42 Å². The number of carbonyl (C=O) groups is 2. The molecule has 0 atom stereocenters. The molecular formula is C20H20N4O5. The maximum absolute atomic E-state index is 12.3. The Morgan fingerprint density at radius 1 is 1.28 bits per heavy atom. The summed E-state index contributed by atoms with van der Waals surface area (Å²) in [6.45, 7) is 5.68. The predicted molar refractivity (Wildman–Crippen MR) is 106 cm³/mol. The van der Waals surface area contributed by atoms with Crippen LogP contribution >= 0.6 is 0 Å². The number of aryl methyl sites for hydroxylation is 1. The molecule has 9 nitrogen and oxygen atoms in total. The molecule has 29 heavy (non-hydrogen) atoms. The first-order valence-electron chi connectivity index (χ1n) is 9.05. The molecule has 1 heterocycles. The summed E-state index contributed by atoms with van der Waals surface area (Å²) in [5.41, 5.74) is 4.68. The van der Waals surface area contributed by atoms with Crippen molar-refractivity contribution in [1.29, 1.82) is 0 Å². The van der Waals surface area contributed by atoms with Gasteiger partial charge in [-0.2, -0.15) is 5.10 Å². The monoisotopic (exact) mass is 396 g/mol. The molecule has 0 unspecified atom stereocenters. The van der Waals surface area contributed by atoms with Gasteiger partial charge in [0.05, 0.1) is 10.6 Å². The Kier molecular flexibility index (Phi) is 5.87. The summed E-state index contributed by atoms with van der Waals surface area (Å²) < 4.78 is 5.75. The lowest BCUT2D eigenvalue weighted by Crippen LogP contribution is -2.24. The molecule has 2 aromatic rings. The highest BCUT2D eigenvalue weighted by Crippen LogP contribution is 2.29. The van der Waals surface area contributed by atoms with E-state index in [2.05, 4.69) is 22.4 Å². The largest absolute Gasteiger partial charge is 0.455 e. The molecule has 1 aromatic carbocycles. The van der Waals surface area contributed by atoms with Crippen LogP contribution in [0.15, 0.2) is 46.4 Å². The first-order chi connectivity index (χ1) is 13.9. The lowest BCUT2D eigenvalue weighted by molar-refractivity contribution is -0.384. The van der Waals surface area contributed by atoms with Crippen LogP contribution in [0.25, 0.3) is 0 Å². The van der Waals surface area contributed by atoms with Crippen molar-refractivity contribution in [3.63, 3.8) is 0 Å². The van der Waals surface area contributed by atoms with Crippen LogP contribution in [0, 0.1) is 17.0 Å². The van der Waals surface area contributed by atoms with Crippen molar-refractivity contribution in [3.05, 3.63) is 75.2 Å². The molecule has 9 heteroatoms. The van der Waals surface area contributed by atoms with Crippen LogP contribution in [0.4, 0.5) is 5.69 Å². The number of nitro benzene ring substituents is 1. The van der Waals surface area contributed by atoms with Gasteiger partial charge in [-0.3, -0.25) is 19.7 Å². The second-order valence-corrected chi connectivity index (χ2v) is 6.51. The third-order valence-corrected chi connectivity index (χ3v) is 4.57. The fourth-order valence-electron chi connectivity index (χ4n) is 3.16. The summed E-state index contributed by atoms with van der Waals surface area (Å²) in [7, 11) is 0. The van der Waals surface area contributed by atoms with E-state index in [-0.39, 0.29) is 22.9 Å². The van der Waals surface area contributed by atoms with Crippen LogP contribution in [-0.4, -0.2) is 29.0 Å². The Morgan fingerprint density at radius 2 is 2.00 bits per heavy atom. The van der Waals surface area contributed by atoms with Crippen molar-refractivity contribution < 1.29 is 18.9 Å². The normalized spacial score (nSPS) is 14.2. The zero-order chi connectivity index (χ0) is 21.0. The van der Waals surface area contributed by atoms with Gasteiger partial charge in [-0.05, 0) is 31.9 Å². The van der Waals surface area contributed by atoms with Crippen LogP contribution in [0.1, 0.15) is 50.6 Å². The topological polar surface area (TPSA) is 127 Å². The maximum atomic E-state index is 12.3. The first kappa shape index (κ1) is 20.0. The van der Waals surface area contributed by atoms with Crippen molar-refractivity contribution >= 4 is 23.2 Å². The number of rotatable bonds is 6. The number of furan rings is 1. The van der Waals surface area contributed by atoms with Crippen molar-refractivity contribution in [1.82, 2.24) is 10.7 Å². The minimum absolute atomic E-state index is 0.0962. The molecule has 0 saturated heterocycles. The van der Waals surface area contributed by atoms with Crippen LogP contribution in [0.2, 0.25) is 0 Å². The van der Waals surface area contributed by atoms with Crippen molar-refractivity contribution in [2.75, 3.05) is 6.54 Å². The number of hydrogen-bond acceptors (Lipinski definition) is 6. The summed E-state index contributed by atoms with van der Waals surface area (Å²) in [5, 5.41) is 17.6. The van der Waals surface area contributed by atoms with E-state index in [1.54, 1.807) is 13.0 Å². The molecule has 0 spiro atoms. The Morgan fingerprint density at radius 3 is 2.66 bits per heavy atom. The number of benzene rings is 1. The van der Waals surface area contributed by atoms with E-state index < -0.39 is 10.8 Å². The molecule has 2 amide bonds. The lowest BCUT2D eigenvalue weighted by atomic mass is 9.93. The van der Waals surface area contributed by atoms with E-state index in [9.17, 15) is 19.7 Å². The molecule has 2 N–H and O–H groups in total. The molecule has 3 rings (SSSR count). The quantitative estimate of drug-likeness (QED) is 0.441. The fraction of sp³-hybridized carbons (Fsp3) is 0.250. The highest BCUT2D eigenvalue weighted by Gasteiger charge is 2.28. The number of carbonyl (C=O) groups excluding carboxylic acids is 2. The van der Waals surface area contributed by atoms with Gasteiger partial charge in [0.1, 0.15) is 5.76 Å². The second-order valence-electron chi connectivity index (χ2n) is 6.51. The highest BCUT2D eigenvalue weighted by molar-refractivity contribution is 6.07. The molecule has 1 aliphatic carbocycles. The number of amides is 2. The number of hydrogen-bond donors (Lipinski definition) is 2.